The van der Waals surface area contributed by atoms with Crippen LogP contribution in [0.2, 0.25) is 5.02 Å². The van der Waals surface area contributed by atoms with Crippen LogP contribution in [0, 0.1) is 12.3 Å². The van der Waals surface area contributed by atoms with Crippen LogP contribution < -0.4 is 9.54 Å². The van der Waals surface area contributed by atoms with Crippen molar-refractivity contribution in [2.75, 3.05) is 13.2 Å². The minimum Gasteiger partial charge on any atom is -0.492 e. The van der Waals surface area contributed by atoms with E-state index in [0.29, 0.717) is 29.5 Å². The Labute approximate surface area is 194 Å². The van der Waals surface area contributed by atoms with Crippen molar-refractivity contribution in [2.45, 2.75) is 25.9 Å². The molecular formula is C24H23ClN4O2S. The van der Waals surface area contributed by atoms with Crippen LogP contribution in [0.15, 0.2) is 48.7 Å². The van der Waals surface area contributed by atoms with Crippen molar-refractivity contribution in [3.63, 3.8) is 0 Å². The van der Waals surface area contributed by atoms with Gasteiger partial charge >= 0.3 is 0 Å². The third kappa shape index (κ3) is 3.82. The minimum atomic E-state index is -0.174. The highest BCUT2D eigenvalue weighted by molar-refractivity contribution is 7.09. The zero-order valence-corrected chi connectivity index (χ0v) is 19.2. The fourth-order valence-electron chi connectivity index (χ4n) is 4.44. The molecule has 0 saturated heterocycles. The summed E-state index contributed by atoms with van der Waals surface area (Å²) in [5, 5.41) is 9.78. The number of nitrogens with zero attached hydrogens (tertiary/aromatic N) is 2. The van der Waals surface area contributed by atoms with Crippen molar-refractivity contribution in [2.24, 2.45) is 0 Å². The summed E-state index contributed by atoms with van der Waals surface area (Å²) in [6, 6.07) is 13.6. The molecule has 2 N–H and O–H groups in total. The molecule has 6 nitrogen and oxygen atoms in total. The molecule has 5 rings (SSSR count). The normalized spacial score (nSPS) is 15.7. The van der Waals surface area contributed by atoms with Gasteiger partial charge in [-0.3, -0.25) is 10.2 Å². The molecule has 1 aliphatic heterocycles. The Morgan fingerprint density at radius 3 is 2.81 bits per heavy atom. The van der Waals surface area contributed by atoms with Gasteiger partial charge in [0.1, 0.15) is 12.4 Å². The number of aromatic amines is 1. The molecule has 0 spiro atoms. The Hall–Kier alpha value is -3.03. The molecular weight excluding hydrogens is 444 g/mol. The fraction of sp³-hybridized carbons (Fsp3) is 0.250. The van der Waals surface area contributed by atoms with Crippen molar-refractivity contribution < 1.29 is 9.53 Å². The van der Waals surface area contributed by atoms with Crippen LogP contribution in [0.5, 0.6) is 5.75 Å². The van der Waals surface area contributed by atoms with Crippen LogP contribution >= 0.6 is 22.9 Å². The van der Waals surface area contributed by atoms with Gasteiger partial charge in [-0.05, 0) is 54.8 Å². The predicted octanol–water partition coefficient (Wildman–Crippen LogP) is 4.66. The minimum absolute atomic E-state index is 0.174. The summed E-state index contributed by atoms with van der Waals surface area (Å²) in [5.74, 6) is 0.768. The smallest absolute Gasteiger partial charge is 0.210 e. The lowest BCUT2D eigenvalue weighted by Crippen LogP contribution is -2.34. The molecule has 2 aromatic heterocycles. The molecule has 1 amide bonds. The second-order valence-electron chi connectivity index (χ2n) is 7.96. The standard InChI is InChI=1S/C24H23ClN4O2S/c1-15-13-28(24(26)32-15)10-11-31-18-5-2-16(3-6-18)23-22-19(8-9-29(23)14-30)20-12-17(25)4-7-21(20)27-22/h2-7,12-14,23,26-27H,8-11H2,1H3/t23-/m0/s1. The number of H-pyrrole nitrogens is 1. The Balaban J connectivity index is 1.38. The first-order chi connectivity index (χ1) is 15.5. The zero-order valence-electron chi connectivity index (χ0n) is 17.6. The Bertz CT molecular complexity index is 1340. The summed E-state index contributed by atoms with van der Waals surface area (Å²) in [5.41, 5.74) is 4.33. The second kappa shape index (κ2) is 8.48. The monoisotopic (exact) mass is 466 g/mol. The molecule has 0 radical (unpaired) electrons. The molecule has 164 valence electrons. The largest absolute Gasteiger partial charge is 0.492 e. The van der Waals surface area contributed by atoms with Crippen molar-refractivity contribution in [3.05, 3.63) is 80.2 Å². The van der Waals surface area contributed by atoms with E-state index >= 15 is 0 Å². The molecule has 0 aliphatic carbocycles. The molecule has 1 atom stereocenters. The molecule has 0 saturated carbocycles. The maximum atomic E-state index is 11.8. The van der Waals surface area contributed by atoms with Crippen LogP contribution in [0.3, 0.4) is 0 Å². The number of amides is 1. The third-order valence-corrected chi connectivity index (χ3v) is 7.00. The molecule has 2 aromatic carbocycles. The molecule has 0 fully saturated rings. The van der Waals surface area contributed by atoms with Crippen molar-refractivity contribution in [1.29, 1.82) is 5.41 Å². The number of carbonyl (C=O) groups is 1. The average molecular weight is 467 g/mol. The van der Waals surface area contributed by atoms with Gasteiger partial charge < -0.3 is 19.2 Å². The van der Waals surface area contributed by atoms with Gasteiger partial charge in [0, 0.05) is 39.2 Å². The van der Waals surface area contributed by atoms with Gasteiger partial charge in [0.15, 0.2) is 4.80 Å². The molecule has 8 heteroatoms. The van der Waals surface area contributed by atoms with Gasteiger partial charge in [-0.15, -0.1) is 11.3 Å². The maximum absolute atomic E-state index is 11.8. The maximum Gasteiger partial charge on any atom is 0.210 e. The summed E-state index contributed by atoms with van der Waals surface area (Å²) >= 11 is 7.69. The highest BCUT2D eigenvalue weighted by atomic mass is 35.5. The number of ether oxygens (including phenoxy) is 1. The molecule has 3 heterocycles. The highest BCUT2D eigenvalue weighted by Gasteiger charge is 2.31. The summed E-state index contributed by atoms with van der Waals surface area (Å²) < 4.78 is 7.79. The van der Waals surface area contributed by atoms with Crippen molar-refractivity contribution in [3.8, 4) is 5.75 Å². The van der Waals surface area contributed by atoms with Gasteiger partial charge in [-0.25, -0.2) is 0 Å². The van der Waals surface area contributed by atoms with Gasteiger partial charge in [0.05, 0.1) is 12.6 Å². The number of nitrogens with one attached hydrogen (secondary N) is 2. The summed E-state index contributed by atoms with van der Waals surface area (Å²) in [6.07, 6.45) is 3.69. The third-order valence-electron chi connectivity index (χ3n) is 5.91. The number of aryl methyl sites for hydroxylation is 1. The van der Waals surface area contributed by atoms with E-state index in [-0.39, 0.29) is 6.04 Å². The predicted molar refractivity (Wildman–Crippen MR) is 126 cm³/mol. The second-order valence-corrected chi connectivity index (χ2v) is 9.63. The van der Waals surface area contributed by atoms with Crippen LogP contribution in [-0.4, -0.2) is 34.0 Å². The summed E-state index contributed by atoms with van der Waals surface area (Å²) in [6.45, 7) is 3.78. The molecule has 32 heavy (non-hydrogen) atoms. The van der Waals surface area contributed by atoms with E-state index in [1.165, 1.54) is 16.9 Å². The van der Waals surface area contributed by atoms with E-state index < -0.39 is 0 Å². The quantitative estimate of drug-likeness (QED) is 0.406. The lowest BCUT2D eigenvalue weighted by atomic mass is 9.93. The number of halogens is 1. The average Bonchev–Trinajstić information content (AvgIpc) is 3.31. The van der Waals surface area contributed by atoms with Gasteiger partial charge in [-0.2, -0.15) is 0 Å². The SMILES string of the molecule is Cc1cn(CCOc2ccc([C@H]3c4[nH]c5ccc(Cl)cc5c4CCN3C=O)cc2)c(=N)s1. The van der Waals surface area contributed by atoms with Gasteiger partial charge in [0.25, 0.3) is 0 Å². The molecule has 1 aliphatic rings. The van der Waals surface area contributed by atoms with E-state index in [4.69, 9.17) is 21.7 Å². The number of rotatable bonds is 6. The van der Waals surface area contributed by atoms with Crippen molar-refractivity contribution in [1.82, 2.24) is 14.5 Å². The highest BCUT2D eigenvalue weighted by Crippen LogP contribution is 2.38. The lowest BCUT2D eigenvalue weighted by Gasteiger charge is -2.33. The fourth-order valence-corrected chi connectivity index (χ4v) is 5.36. The van der Waals surface area contributed by atoms with Crippen LogP contribution in [0.1, 0.15) is 27.7 Å². The summed E-state index contributed by atoms with van der Waals surface area (Å²) in [7, 11) is 0. The molecule has 0 bridgehead atoms. The first-order valence-electron chi connectivity index (χ1n) is 10.5. The first kappa shape index (κ1) is 20.8. The van der Waals surface area contributed by atoms with E-state index in [2.05, 4.69) is 4.98 Å². The Morgan fingerprint density at radius 2 is 2.09 bits per heavy atom. The number of aromatic nitrogens is 2. The lowest BCUT2D eigenvalue weighted by molar-refractivity contribution is -0.120. The van der Waals surface area contributed by atoms with Crippen molar-refractivity contribution >= 4 is 40.3 Å². The number of hydrogen-bond donors (Lipinski definition) is 2. The number of carbonyl (C=O) groups excluding carboxylic acids is 1. The number of thiazole rings is 1. The number of benzene rings is 2. The molecule has 0 unspecified atom stereocenters. The van der Waals surface area contributed by atoms with E-state index in [0.717, 1.165) is 45.6 Å². The summed E-state index contributed by atoms with van der Waals surface area (Å²) in [4.78, 5) is 18.8. The zero-order chi connectivity index (χ0) is 22.2. The van der Waals surface area contributed by atoms with E-state index in [9.17, 15) is 4.79 Å². The van der Waals surface area contributed by atoms with Gasteiger partial charge in [-0.1, -0.05) is 23.7 Å². The van der Waals surface area contributed by atoms with Gasteiger partial charge in [0.2, 0.25) is 6.41 Å². The topological polar surface area (TPSA) is 74.1 Å². The van der Waals surface area contributed by atoms with E-state index in [1.54, 1.807) is 0 Å². The molecule has 4 aromatic rings. The number of fused-ring (bicyclic) bond motifs is 3. The first-order valence-corrected chi connectivity index (χ1v) is 11.7. The van der Waals surface area contributed by atoms with E-state index in [1.807, 2.05) is 65.1 Å². The number of hydrogen-bond acceptors (Lipinski definition) is 4. The van der Waals surface area contributed by atoms with Crippen LogP contribution in [0.4, 0.5) is 0 Å². The Morgan fingerprint density at radius 1 is 1.28 bits per heavy atom. The Kier molecular flexibility index (Phi) is 5.53. The van der Waals surface area contributed by atoms with Crippen LogP contribution in [-0.2, 0) is 17.8 Å². The van der Waals surface area contributed by atoms with Crippen LogP contribution in [0.25, 0.3) is 10.9 Å².